The van der Waals surface area contributed by atoms with E-state index < -0.39 is 6.30 Å². The van der Waals surface area contributed by atoms with Crippen LogP contribution in [0.2, 0.25) is 0 Å². The third-order valence-electron chi connectivity index (χ3n) is 7.03. The quantitative estimate of drug-likeness (QED) is 0.687. The first-order chi connectivity index (χ1) is 14.5. The predicted molar refractivity (Wildman–Crippen MR) is 112 cm³/mol. The summed E-state index contributed by atoms with van der Waals surface area (Å²) < 4.78 is 25.4. The van der Waals surface area contributed by atoms with Gasteiger partial charge in [0.1, 0.15) is 5.44 Å². The number of hydrogen-bond donors (Lipinski definition) is 1. The lowest BCUT2D eigenvalue weighted by molar-refractivity contribution is -0.128. The van der Waals surface area contributed by atoms with E-state index in [2.05, 4.69) is 15.3 Å². The molecule has 4 saturated carbocycles. The molecule has 7 nitrogen and oxygen atoms in total. The number of hydrogen-bond acceptors (Lipinski definition) is 7. The van der Waals surface area contributed by atoms with Gasteiger partial charge < -0.3 is 19.7 Å². The predicted octanol–water partition coefficient (Wildman–Crippen LogP) is 2.76. The molecule has 5 aliphatic rings. The second kappa shape index (κ2) is 8.15. The number of aromatic nitrogens is 2. The molecule has 2 heterocycles. The molecule has 6 rings (SSSR count). The van der Waals surface area contributed by atoms with Crippen molar-refractivity contribution in [3.05, 3.63) is 12.3 Å². The van der Waals surface area contributed by atoms with E-state index in [0.717, 1.165) is 37.0 Å². The Morgan fingerprint density at radius 1 is 1.33 bits per heavy atom. The van der Waals surface area contributed by atoms with E-state index >= 15 is 0 Å². The van der Waals surface area contributed by atoms with Gasteiger partial charge in [0, 0.05) is 17.8 Å². The zero-order chi connectivity index (χ0) is 20.7. The van der Waals surface area contributed by atoms with Gasteiger partial charge >= 0.3 is 0 Å². The molecule has 9 heteroatoms. The molecule has 4 aliphatic carbocycles. The van der Waals surface area contributed by atoms with Crippen molar-refractivity contribution in [2.45, 2.75) is 55.8 Å². The number of halogens is 1. The number of thioether (sulfide) groups is 1. The van der Waals surface area contributed by atoms with Crippen LogP contribution in [0.15, 0.2) is 12.3 Å². The average Bonchev–Trinajstić information content (AvgIpc) is 2.71. The molecule has 0 spiro atoms. The number of carbonyl (C=O) groups excluding carboxylic acids is 1. The molecule has 4 bridgehead atoms. The van der Waals surface area contributed by atoms with Crippen molar-refractivity contribution in [3.63, 3.8) is 0 Å². The van der Waals surface area contributed by atoms with Crippen LogP contribution in [0.5, 0.6) is 5.88 Å². The van der Waals surface area contributed by atoms with Crippen LogP contribution in [0.25, 0.3) is 0 Å². The lowest BCUT2D eigenvalue weighted by atomic mass is 9.53. The van der Waals surface area contributed by atoms with E-state index in [1.165, 1.54) is 42.1 Å². The van der Waals surface area contributed by atoms with Crippen LogP contribution in [0.1, 0.15) is 38.5 Å². The van der Waals surface area contributed by atoms with Crippen molar-refractivity contribution in [1.29, 1.82) is 0 Å². The molecular formula is C21H29FN4O3S. The Hall–Kier alpha value is -1.61. The van der Waals surface area contributed by atoms with E-state index in [9.17, 15) is 9.18 Å². The van der Waals surface area contributed by atoms with Gasteiger partial charge in [0.15, 0.2) is 12.9 Å². The number of amides is 1. The van der Waals surface area contributed by atoms with E-state index in [1.54, 1.807) is 6.07 Å². The monoisotopic (exact) mass is 436 g/mol. The maximum absolute atomic E-state index is 14.3. The van der Waals surface area contributed by atoms with Crippen molar-refractivity contribution < 1.29 is 18.7 Å². The smallest absolute Gasteiger partial charge is 0.258 e. The van der Waals surface area contributed by atoms with Gasteiger partial charge in [-0.15, -0.1) is 11.8 Å². The number of nitrogens with one attached hydrogen (secondary N) is 1. The van der Waals surface area contributed by atoms with Crippen molar-refractivity contribution in [2.75, 3.05) is 30.9 Å². The van der Waals surface area contributed by atoms with E-state index in [-0.39, 0.29) is 41.9 Å². The molecule has 1 aromatic heterocycles. The van der Waals surface area contributed by atoms with Crippen molar-refractivity contribution in [1.82, 2.24) is 15.3 Å². The highest BCUT2D eigenvalue weighted by atomic mass is 32.2. The standard InChI is InChI=1S/C21H29FN4O3S/c1-30-19-10-26(16(22)11-29-19)20-23-3-2-18(24-20)28-12-17(27)25-21-7-13-4-14(8-21)6-15(5-13)9-21/h2-3,13-16,19H,4-12H2,1H3,(H,25,27). The molecule has 2 atom stereocenters. The summed E-state index contributed by atoms with van der Waals surface area (Å²) in [4.78, 5) is 22.6. The van der Waals surface area contributed by atoms with Gasteiger partial charge in [0.25, 0.3) is 5.91 Å². The molecule has 1 aliphatic heterocycles. The Kier molecular flexibility index (Phi) is 5.51. The van der Waals surface area contributed by atoms with Crippen LogP contribution in [0, 0.1) is 17.8 Å². The Balaban J connectivity index is 1.19. The van der Waals surface area contributed by atoms with E-state index in [0.29, 0.717) is 6.54 Å². The van der Waals surface area contributed by atoms with Crippen LogP contribution < -0.4 is 15.0 Å². The van der Waals surface area contributed by atoms with Gasteiger partial charge in [-0.2, -0.15) is 4.98 Å². The summed E-state index contributed by atoms with van der Waals surface area (Å²) in [6, 6.07) is 1.60. The normalized spacial score (nSPS) is 37.3. The first-order valence-electron chi connectivity index (χ1n) is 10.8. The lowest BCUT2D eigenvalue weighted by Gasteiger charge is -2.56. The van der Waals surface area contributed by atoms with Crippen molar-refractivity contribution in [3.8, 4) is 5.88 Å². The number of rotatable bonds is 6. The molecule has 0 radical (unpaired) electrons. The van der Waals surface area contributed by atoms with Gasteiger partial charge in [-0.3, -0.25) is 4.79 Å². The third-order valence-corrected chi connectivity index (χ3v) is 7.85. The molecular weight excluding hydrogens is 407 g/mol. The number of carbonyl (C=O) groups is 1. The summed E-state index contributed by atoms with van der Waals surface area (Å²) in [5.74, 6) is 2.75. The molecule has 5 fully saturated rings. The van der Waals surface area contributed by atoms with Crippen LogP contribution in [-0.2, 0) is 9.53 Å². The van der Waals surface area contributed by atoms with Gasteiger partial charge in [0.2, 0.25) is 11.8 Å². The third kappa shape index (κ3) is 4.10. The summed E-state index contributed by atoms with van der Waals surface area (Å²) in [7, 11) is 0. The SMILES string of the molecule is CSC1CN(c2nccc(OCC(=O)NC34CC5CC(CC(C5)C3)C4)n2)C(F)CO1. The molecule has 1 amide bonds. The molecule has 2 unspecified atom stereocenters. The fourth-order valence-electron chi connectivity index (χ4n) is 6.24. The number of alkyl halides is 1. The lowest BCUT2D eigenvalue weighted by Crippen LogP contribution is -2.60. The topological polar surface area (TPSA) is 76.6 Å². The minimum absolute atomic E-state index is 0.0204. The molecule has 1 saturated heterocycles. The van der Waals surface area contributed by atoms with Gasteiger partial charge in [-0.25, -0.2) is 9.37 Å². The maximum Gasteiger partial charge on any atom is 0.258 e. The fraction of sp³-hybridized carbons (Fsp3) is 0.762. The Morgan fingerprint density at radius 3 is 2.70 bits per heavy atom. The molecule has 164 valence electrons. The Morgan fingerprint density at radius 2 is 2.03 bits per heavy atom. The summed E-state index contributed by atoms with van der Waals surface area (Å²) in [6.45, 7) is 0.250. The summed E-state index contributed by atoms with van der Waals surface area (Å²) in [5, 5.41) is 3.30. The Bertz CT molecular complexity index is 762. The summed E-state index contributed by atoms with van der Waals surface area (Å²) in [6.07, 6.45) is 9.48. The minimum Gasteiger partial charge on any atom is -0.467 e. The van der Waals surface area contributed by atoms with Crippen LogP contribution in [-0.4, -0.2) is 59.2 Å². The van der Waals surface area contributed by atoms with Crippen molar-refractivity contribution >= 4 is 23.6 Å². The molecule has 1 N–H and O–H groups in total. The number of morpholine rings is 1. The molecule has 0 aromatic carbocycles. The largest absolute Gasteiger partial charge is 0.467 e. The highest BCUT2D eigenvalue weighted by Gasteiger charge is 2.51. The van der Waals surface area contributed by atoms with Gasteiger partial charge in [-0.1, -0.05) is 0 Å². The van der Waals surface area contributed by atoms with E-state index in [4.69, 9.17) is 9.47 Å². The Labute approximate surface area is 180 Å². The van der Waals surface area contributed by atoms with Gasteiger partial charge in [0.05, 0.1) is 13.2 Å². The highest BCUT2D eigenvalue weighted by Crippen LogP contribution is 2.55. The number of nitrogens with zero attached hydrogens (tertiary/aromatic N) is 3. The highest BCUT2D eigenvalue weighted by molar-refractivity contribution is 7.99. The molecule has 1 aromatic rings. The van der Waals surface area contributed by atoms with Gasteiger partial charge in [-0.05, 0) is 62.5 Å². The fourth-order valence-corrected chi connectivity index (χ4v) is 6.76. The summed E-state index contributed by atoms with van der Waals surface area (Å²) >= 11 is 1.52. The molecule has 30 heavy (non-hydrogen) atoms. The van der Waals surface area contributed by atoms with E-state index in [1.807, 2.05) is 6.26 Å². The zero-order valence-electron chi connectivity index (χ0n) is 17.3. The number of anilines is 1. The van der Waals surface area contributed by atoms with Crippen molar-refractivity contribution in [2.24, 2.45) is 17.8 Å². The van der Waals surface area contributed by atoms with Crippen LogP contribution in [0.3, 0.4) is 0 Å². The average molecular weight is 437 g/mol. The maximum atomic E-state index is 14.3. The first kappa shape index (κ1) is 20.3. The second-order valence-electron chi connectivity index (χ2n) is 9.32. The number of ether oxygens (including phenoxy) is 2. The summed E-state index contributed by atoms with van der Waals surface area (Å²) in [5.41, 5.74) is -0.162. The minimum atomic E-state index is -1.30. The van der Waals surface area contributed by atoms with Crippen LogP contribution in [0.4, 0.5) is 10.3 Å². The second-order valence-corrected chi connectivity index (χ2v) is 10.3. The first-order valence-corrected chi connectivity index (χ1v) is 12.1. The van der Waals surface area contributed by atoms with Crippen LogP contribution >= 0.6 is 11.8 Å². The zero-order valence-corrected chi connectivity index (χ0v) is 18.1.